The molecule has 2 N–H and O–H groups in total. The van der Waals surface area contributed by atoms with E-state index in [-0.39, 0.29) is 5.56 Å². The van der Waals surface area contributed by atoms with E-state index < -0.39 is 22.3 Å². The van der Waals surface area contributed by atoms with Gasteiger partial charge in [-0.25, -0.2) is 4.68 Å². The van der Waals surface area contributed by atoms with Crippen LogP contribution in [0.25, 0.3) is 5.69 Å². The molecule has 8 heteroatoms. The second kappa shape index (κ2) is 6.21. The maximum absolute atomic E-state index is 12.3. The first-order valence-corrected chi connectivity index (χ1v) is 6.94. The summed E-state index contributed by atoms with van der Waals surface area (Å²) in [4.78, 5) is 22.3. The fourth-order valence-corrected chi connectivity index (χ4v) is 2.20. The SMILES string of the molecule is O=C(Nc1ccccc1-n1cccn1)c1ccc([N+](=O)[O-])c(O)c1. The van der Waals surface area contributed by atoms with Gasteiger partial charge in [0.2, 0.25) is 0 Å². The molecule has 1 aromatic heterocycles. The monoisotopic (exact) mass is 324 g/mol. The lowest BCUT2D eigenvalue weighted by atomic mass is 10.1. The van der Waals surface area contributed by atoms with Gasteiger partial charge in [0.1, 0.15) is 0 Å². The van der Waals surface area contributed by atoms with Crippen LogP contribution < -0.4 is 5.32 Å². The normalized spacial score (nSPS) is 10.3. The highest BCUT2D eigenvalue weighted by Crippen LogP contribution is 2.27. The number of carbonyl (C=O) groups excluding carboxylic acids is 1. The predicted molar refractivity (Wildman–Crippen MR) is 86.3 cm³/mol. The lowest BCUT2D eigenvalue weighted by Crippen LogP contribution is -2.14. The maximum Gasteiger partial charge on any atom is 0.310 e. The highest BCUT2D eigenvalue weighted by Gasteiger charge is 2.17. The Bertz CT molecular complexity index is 906. The molecular formula is C16H12N4O4. The maximum atomic E-state index is 12.3. The number of nitrogens with one attached hydrogen (secondary N) is 1. The molecule has 3 rings (SSSR count). The van der Waals surface area contributed by atoms with Crippen molar-refractivity contribution in [3.05, 3.63) is 76.6 Å². The minimum Gasteiger partial charge on any atom is -0.502 e. The molecule has 3 aromatic rings. The minimum absolute atomic E-state index is 0.105. The summed E-state index contributed by atoms with van der Waals surface area (Å²) in [7, 11) is 0. The largest absolute Gasteiger partial charge is 0.502 e. The van der Waals surface area contributed by atoms with Gasteiger partial charge >= 0.3 is 5.69 Å². The molecule has 0 atom stereocenters. The van der Waals surface area contributed by atoms with E-state index in [1.54, 1.807) is 41.3 Å². The number of amides is 1. The van der Waals surface area contributed by atoms with Crippen LogP contribution >= 0.6 is 0 Å². The third kappa shape index (κ3) is 2.93. The number of anilines is 1. The van der Waals surface area contributed by atoms with Crippen LogP contribution in [0, 0.1) is 10.1 Å². The van der Waals surface area contributed by atoms with E-state index in [1.165, 1.54) is 6.07 Å². The minimum atomic E-state index is -0.718. The number of nitrogens with zero attached hydrogens (tertiary/aromatic N) is 3. The van der Waals surface area contributed by atoms with E-state index in [0.29, 0.717) is 11.4 Å². The molecule has 8 nitrogen and oxygen atoms in total. The van der Waals surface area contributed by atoms with E-state index in [0.717, 1.165) is 12.1 Å². The highest BCUT2D eigenvalue weighted by molar-refractivity contribution is 6.05. The van der Waals surface area contributed by atoms with Gasteiger partial charge in [-0.05, 0) is 30.3 Å². The Kier molecular flexibility index (Phi) is 3.94. The van der Waals surface area contributed by atoms with Gasteiger partial charge in [0.25, 0.3) is 5.91 Å². The number of rotatable bonds is 4. The van der Waals surface area contributed by atoms with Crippen LogP contribution in [0.1, 0.15) is 10.4 Å². The van der Waals surface area contributed by atoms with Crippen molar-refractivity contribution in [2.24, 2.45) is 0 Å². The second-order valence-corrected chi connectivity index (χ2v) is 4.88. The lowest BCUT2D eigenvalue weighted by molar-refractivity contribution is -0.385. The molecule has 0 radical (unpaired) electrons. The number of nitro groups is 1. The first kappa shape index (κ1) is 15.2. The molecule has 2 aromatic carbocycles. The average molecular weight is 324 g/mol. The number of aromatic hydroxyl groups is 1. The smallest absolute Gasteiger partial charge is 0.310 e. The van der Waals surface area contributed by atoms with Gasteiger partial charge in [0, 0.05) is 24.0 Å². The van der Waals surface area contributed by atoms with E-state index in [4.69, 9.17) is 0 Å². The first-order valence-electron chi connectivity index (χ1n) is 6.94. The number of benzene rings is 2. The molecule has 0 bridgehead atoms. The van der Waals surface area contributed by atoms with Crippen molar-refractivity contribution in [2.75, 3.05) is 5.32 Å². The number of carbonyl (C=O) groups is 1. The molecule has 1 amide bonds. The van der Waals surface area contributed by atoms with Crippen LogP contribution in [-0.4, -0.2) is 25.7 Å². The van der Waals surface area contributed by atoms with Gasteiger partial charge in [0.15, 0.2) is 5.75 Å². The number of phenolic OH excluding ortho intramolecular Hbond substituents is 1. The molecular weight excluding hydrogens is 312 g/mol. The summed E-state index contributed by atoms with van der Waals surface area (Å²) in [5.41, 5.74) is 0.836. The van der Waals surface area contributed by atoms with Gasteiger partial charge in [-0.2, -0.15) is 5.10 Å². The third-order valence-corrected chi connectivity index (χ3v) is 3.34. The van der Waals surface area contributed by atoms with Crippen molar-refractivity contribution < 1.29 is 14.8 Å². The molecule has 0 aliphatic heterocycles. The standard InChI is InChI=1S/C16H12N4O4/c21-15-10-11(6-7-14(15)20(23)24)16(22)18-12-4-1-2-5-13(12)19-9-3-8-17-19/h1-10,21H,(H,18,22). The number of phenols is 1. The Morgan fingerprint density at radius 3 is 2.67 bits per heavy atom. The Balaban J connectivity index is 1.89. The van der Waals surface area contributed by atoms with Crippen LogP contribution in [-0.2, 0) is 0 Å². The zero-order valence-corrected chi connectivity index (χ0v) is 12.3. The zero-order chi connectivity index (χ0) is 17.1. The fourth-order valence-electron chi connectivity index (χ4n) is 2.20. The summed E-state index contributed by atoms with van der Waals surface area (Å²) >= 11 is 0. The van der Waals surface area contributed by atoms with Gasteiger partial charge in [-0.1, -0.05) is 12.1 Å². The number of para-hydroxylation sites is 2. The van der Waals surface area contributed by atoms with Crippen LogP contribution in [0.15, 0.2) is 60.9 Å². The molecule has 0 aliphatic carbocycles. The van der Waals surface area contributed by atoms with Crippen molar-refractivity contribution >= 4 is 17.3 Å². The molecule has 0 spiro atoms. The predicted octanol–water partition coefficient (Wildman–Crippen LogP) is 2.74. The molecule has 24 heavy (non-hydrogen) atoms. The van der Waals surface area contributed by atoms with Gasteiger partial charge in [-0.3, -0.25) is 14.9 Å². The van der Waals surface area contributed by atoms with Gasteiger partial charge in [-0.15, -0.1) is 0 Å². The summed E-state index contributed by atoms with van der Waals surface area (Å²) in [6.07, 6.45) is 3.36. The lowest BCUT2D eigenvalue weighted by Gasteiger charge is -2.11. The Morgan fingerprint density at radius 1 is 1.21 bits per heavy atom. The van der Waals surface area contributed by atoms with Crippen LogP contribution in [0.3, 0.4) is 0 Å². The Morgan fingerprint density at radius 2 is 2.00 bits per heavy atom. The fraction of sp³-hybridized carbons (Fsp3) is 0. The molecule has 1 heterocycles. The van der Waals surface area contributed by atoms with Crippen molar-refractivity contribution in [1.29, 1.82) is 0 Å². The van der Waals surface area contributed by atoms with Crippen molar-refractivity contribution in [2.45, 2.75) is 0 Å². The first-order chi connectivity index (χ1) is 11.6. The third-order valence-electron chi connectivity index (χ3n) is 3.34. The van der Waals surface area contributed by atoms with E-state index in [2.05, 4.69) is 10.4 Å². The second-order valence-electron chi connectivity index (χ2n) is 4.88. The van der Waals surface area contributed by atoms with Gasteiger partial charge < -0.3 is 10.4 Å². The van der Waals surface area contributed by atoms with E-state index >= 15 is 0 Å². The summed E-state index contributed by atoms with van der Waals surface area (Å²) < 4.78 is 1.60. The van der Waals surface area contributed by atoms with Crippen molar-refractivity contribution in [3.63, 3.8) is 0 Å². The van der Waals surface area contributed by atoms with Crippen molar-refractivity contribution in [1.82, 2.24) is 9.78 Å². The summed E-state index contributed by atoms with van der Waals surface area (Å²) in [5.74, 6) is -1.06. The van der Waals surface area contributed by atoms with Crippen LogP contribution in [0.2, 0.25) is 0 Å². The topological polar surface area (TPSA) is 110 Å². The molecule has 0 saturated carbocycles. The average Bonchev–Trinajstić information content (AvgIpc) is 3.09. The van der Waals surface area contributed by atoms with E-state index in [1.807, 2.05) is 6.07 Å². The van der Waals surface area contributed by atoms with E-state index in [9.17, 15) is 20.0 Å². The summed E-state index contributed by atoms with van der Waals surface area (Å²) in [5, 5.41) is 27.2. The Hall–Kier alpha value is -3.68. The number of hydrogen-bond donors (Lipinski definition) is 2. The van der Waals surface area contributed by atoms with Crippen LogP contribution in [0.5, 0.6) is 5.75 Å². The molecule has 0 fully saturated rings. The number of aromatic nitrogens is 2. The number of nitro benzene ring substituents is 1. The molecule has 0 saturated heterocycles. The quantitative estimate of drug-likeness (QED) is 0.566. The molecule has 120 valence electrons. The summed E-state index contributed by atoms with van der Waals surface area (Å²) in [6.45, 7) is 0. The number of hydrogen-bond acceptors (Lipinski definition) is 5. The summed E-state index contributed by atoms with van der Waals surface area (Å²) in [6, 6.07) is 12.3. The van der Waals surface area contributed by atoms with Gasteiger partial charge in [0.05, 0.1) is 16.3 Å². The Labute approximate surface area is 136 Å². The van der Waals surface area contributed by atoms with Crippen molar-refractivity contribution in [3.8, 4) is 11.4 Å². The van der Waals surface area contributed by atoms with Crippen LogP contribution in [0.4, 0.5) is 11.4 Å². The highest BCUT2D eigenvalue weighted by atomic mass is 16.6. The molecule has 0 aliphatic rings. The zero-order valence-electron chi connectivity index (χ0n) is 12.3. The molecule has 0 unspecified atom stereocenters.